The molecule has 29 heavy (non-hydrogen) atoms. The number of hydrogen-bond donors (Lipinski definition) is 0. The van der Waals surface area contributed by atoms with E-state index >= 15 is 0 Å². The Kier molecular flexibility index (Phi) is 4.75. The van der Waals surface area contributed by atoms with Crippen LogP contribution in [0, 0.1) is 12.8 Å². The van der Waals surface area contributed by atoms with E-state index in [1.807, 2.05) is 47.7 Å². The molecule has 3 fully saturated rings. The molecule has 3 atom stereocenters. The smallest absolute Gasteiger partial charge is 0.273 e. The number of aromatic nitrogens is 3. The van der Waals surface area contributed by atoms with Crippen LogP contribution in [-0.4, -0.2) is 44.4 Å². The molecule has 3 unspecified atom stereocenters. The number of aryl methyl sites for hydroxylation is 1. The number of hydrogen-bond acceptors (Lipinski definition) is 6. The minimum Gasteiger partial charge on any atom is -0.472 e. The Labute approximate surface area is 173 Å². The molecule has 2 aliphatic heterocycles. The van der Waals surface area contributed by atoms with E-state index in [-0.39, 0.29) is 18.1 Å². The van der Waals surface area contributed by atoms with E-state index in [4.69, 9.17) is 4.74 Å². The highest BCUT2D eigenvalue weighted by Crippen LogP contribution is 2.38. The van der Waals surface area contributed by atoms with Crippen molar-refractivity contribution >= 4 is 17.2 Å². The first kappa shape index (κ1) is 18.2. The topological polar surface area (TPSA) is 68.2 Å². The summed E-state index contributed by atoms with van der Waals surface area (Å²) in [6.45, 7) is 2.77. The molecule has 0 radical (unpaired) electrons. The number of amides is 1. The van der Waals surface area contributed by atoms with Gasteiger partial charge in [-0.1, -0.05) is 6.07 Å². The van der Waals surface area contributed by atoms with Gasteiger partial charge < -0.3 is 9.64 Å². The Bertz CT molecular complexity index is 1010. The second-order valence-corrected chi connectivity index (χ2v) is 8.67. The van der Waals surface area contributed by atoms with Crippen LogP contribution in [0.2, 0.25) is 0 Å². The van der Waals surface area contributed by atoms with E-state index in [1.165, 1.54) is 11.3 Å². The molecule has 2 saturated heterocycles. The van der Waals surface area contributed by atoms with Crippen molar-refractivity contribution in [3.63, 3.8) is 0 Å². The van der Waals surface area contributed by atoms with Gasteiger partial charge in [0.1, 0.15) is 16.8 Å². The highest BCUT2D eigenvalue weighted by Gasteiger charge is 2.45. The number of carbonyl (C=O) groups is 1. The molecular formula is C22H22N4O2S. The van der Waals surface area contributed by atoms with Gasteiger partial charge in [-0.3, -0.25) is 9.78 Å². The van der Waals surface area contributed by atoms with Gasteiger partial charge in [0.25, 0.3) is 5.91 Å². The Hall–Kier alpha value is -2.80. The molecule has 6 rings (SSSR count). The molecule has 7 heteroatoms. The third kappa shape index (κ3) is 3.51. The van der Waals surface area contributed by atoms with Crippen LogP contribution in [0.15, 0.2) is 48.2 Å². The third-order valence-corrected chi connectivity index (χ3v) is 6.62. The number of rotatable bonds is 4. The van der Waals surface area contributed by atoms with Gasteiger partial charge >= 0.3 is 0 Å². The maximum atomic E-state index is 13.5. The molecule has 1 amide bonds. The van der Waals surface area contributed by atoms with Crippen LogP contribution in [0.25, 0.3) is 10.6 Å². The molecule has 5 heterocycles. The number of thiazole rings is 1. The summed E-state index contributed by atoms with van der Waals surface area (Å²) in [6.07, 6.45) is 8.26. The molecule has 1 aliphatic carbocycles. The van der Waals surface area contributed by atoms with Crippen molar-refractivity contribution in [2.24, 2.45) is 5.92 Å². The molecule has 3 aromatic rings. The van der Waals surface area contributed by atoms with Crippen molar-refractivity contribution in [2.45, 2.75) is 38.3 Å². The average molecular weight is 407 g/mol. The highest BCUT2D eigenvalue weighted by atomic mass is 32.1. The van der Waals surface area contributed by atoms with Crippen molar-refractivity contribution in [1.29, 1.82) is 0 Å². The van der Waals surface area contributed by atoms with Crippen molar-refractivity contribution in [2.75, 3.05) is 6.54 Å². The van der Waals surface area contributed by atoms with E-state index in [0.717, 1.165) is 41.9 Å². The zero-order valence-corrected chi connectivity index (χ0v) is 17.0. The maximum Gasteiger partial charge on any atom is 0.273 e. The lowest BCUT2D eigenvalue weighted by Crippen LogP contribution is -2.59. The van der Waals surface area contributed by atoms with E-state index < -0.39 is 0 Å². The first-order valence-corrected chi connectivity index (χ1v) is 10.8. The average Bonchev–Trinajstić information content (AvgIpc) is 3.30. The summed E-state index contributed by atoms with van der Waals surface area (Å²) in [5, 5.41) is 2.73. The van der Waals surface area contributed by atoms with Crippen LogP contribution in [0.1, 0.15) is 35.3 Å². The summed E-state index contributed by atoms with van der Waals surface area (Å²) < 4.78 is 6.23. The third-order valence-electron chi connectivity index (χ3n) is 5.81. The molecule has 148 valence electrons. The summed E-state index contributed by atoms with van der Waals surface area (Å²) in [4.78, 5) is 28.7. The second-order valence-electron chi connectivity index (χ2n) is 7.77. The molecule has 0 aromatic carbocycles. The van der Waals surface area contributed by atoms with Crippen LogP contribution < -0.4 is 4.74 Å². The quantitative estimate of drug-likeness (QED) is 0.656. The van der Waals surface area contributed by atoms with Gasteiger partial charge in [0, 0.05) is 42.1 Å². The fourth-order valence-corrected chi connectivity index (χ4v) is 5.08. The van der Waals surface area contributed by atoms with E-state index in [0.29, 0.717) is 17.5 Å². The lowest BCUT2D eigenvalue weighted by atomic mass is 9.77. The van der Waals surface area contributed by atoms with Crippen LogP contribution in [0.4, 0.5) is 0 Å². The molecule has 6 nitrogen and oxygen atoms in total. The van der Waals surface area contributed by atoms with Crippen LogP contribution in [0.5, 0.6) is 5.88 Å². The van der Waals surface area contributed by atoms with Gasteiger partial charge in [-0.2, -0.15) is 0 Å². The summed E-state index contributed by atoms with van der Waals surface area (Å²) in [5.41, 5.74) is 2.37. The molecule has 0 N–H and O–H groups in total. The minimum atomic E-state index is -0.0336. The summed E-state index contributed by atoms with van der Waals surface area (Å²) in [7, 11) is 0. The van der Waals surface area contributed by atoms with Gasteiger partial charge in [0.2, 0.25) is 5.88 Å². The number of carbonyl (C=O) groups excluding carboxylic acids is 1. The van der Waals surface area contributed by atoms with E-state index in [2.05, 4.69) is 15.0 Å². The fourth-order valence-electron chi connectivity index (χ4n) is 4.41. The lowest BCUT2D eigenvalue weighted by molar-refractivity contribution is -0.0315. The predicted octanol–water partition coefficient (Wildman–Crippen LogP) is 3.98. The number of fused-ring (bicyclic) bond motifs is 3. The zero-order valence-electron chi connectivity index (χ0n) is 16.2. The predicted molar refractivity (Wildman–Crippen MR) is 111 cm³/mol. The van der Waals surface area contributed by atoms with Gasteiger partial charge in [0.05, 0.1) is 6.04 Å². The first-order valence-electron chi connectivity index (χ1n) is 9.94. The number of ether oxygens (including phenoxy) is 1. The standard InChI is InChI=1S/C22H22N4O2S/c1-14-4-7-19(25-12-14)28-18-11-15-5-6-17(18)26(13-15)22(27)20-16(3-2-8-23-20)21-24-9-10-29-21/h2-4,7-10,12,15,17-18H,5-6,11,13H2,1H3. The largest absolute Gasteiger partial charge is 0.472 e. The first-order chi connectivity index (χ1) is 14.2. The van der Waals surface area contributed by atoms with E-state index in [1.54, 1.807) is 12.4 Å². The lowest BCUT2D eigenvalue weighted by Gasteiger charge is -2.49. The summed E-state index contributed by atoms with van der Waals surface area (Å²) >= 11 is 1.52. The summed E-state index contributed by atoms with van der Waals surface area (Å²) in [5.74, 6) is 1.05. The fraction of sp³-hybridized carbons (Fsp3) is 0.364. The Morgan fingerprint density at radius 2 is 2.10 bits per heavy atom. The number of piperidine rings is 2. The van der Waals surface area contributed by atoms with Crippen molar-refractivity contribution in [1.82, 2.24) is 19.9 Å². The SMILES string of the molecule is Cc1ccc(OC2CC3CCC2N(C(=O)c2ncccc2-c2nccs2)C3)nc1. The molecule has 3 aromatic heterocycles. The molecule has 2 bridgehead atoms. The Morgan fingerprint density at radius 1 is 1.17 bits per heavy atom. The van der Waals surface area contributed by atoms with Gasteiger partial charge in [0.15, 0.2) is 0 Å². The normalized spacial score (nSPS) is 23.2. The van der Waals surface area contributed by atoms with Crippen LogP contribution in [-0.2, 0) is 0 Å². The van der Waals surface area contributed by atoms with Crippen molar-refractivity contribution < 1.29 is 9.53 Å². The molecule has 1 saturated carbocycles. The van der Waals surface area contributed by atoms with Gasteiger partial charge in [-0.25, -0.2) is 9.97 Å². The molecule has 0 spiro atoms. The maximum absolute atomic E-state index is 13.5. The van der Waals surface area contributed by atoms with Crippen molar-refractivity contribution in [3.8, 4) is 16.5 Å². The van der Waals surface area contributed by atoms with Gasteiger partial charge in [-0.05, 0) is 49.8 Å². The van der Waals surface area contributed by atoms with Crippen LogP contribution >= 0.6 is 11.3 Å². The number of nitrogens with zero attached hydrogens (tertiary/aromatic N) is 4. The molecular weight excluding hydrogens is 384 g/mol. The monoisotopic (exact) mass is 406 g/mol. The molecule has 3 aliphatic rings. The summed E-state index contributed by atoms with van der Waals surface area (Å²) in [6, 6.07) is 7.72. The minimum absolute atomic E-state index is 0.0318. The van der Waals surface area contributed by atoms with E-state index in [9.17, 15) is 4.79 Å². The highest BCUT2D eigenvalue weighted by molar-refractivity contribution is 7.13. The van der Waals surface area contributed by atoms with Crippen LogP contribution in [0.3, 0.4) is 0 Å². The number of pyridine rings is 2. The van der Waals surface area contributed by atoms with Crippen molar-refractivity contribution in [3.05, 3.63) is 59.5 Å². The zero-order chi connectivity index (χ0) is 19.8. The Balaban J connectivity index is 1.41. The second kappa shape index (κ2) is 7.55. The van der Waals surface area contributed by atoms with Gasteiger partial charge in [-0.15, -0.1) is 11.3 Å². The Morgan fingerprint density at radius 3 is 2.86 bits per heavy atom.